The van der Waals surface area contributed by atoms with Crippen LogP contribution in [0.4, 0.5) is 5.69 Å². The number of amides is 1. The predicted molar refractivity (Wildman–Crippen MR) is 82.8 cm³/mol. The van der Waals surface area contributed by atoms with Crippen LogP contribution in [0.1, 0.15) is 34.1 Å². The molecule has 4 heteroatoms. The zero-order chi connectivity index (χ0) is 15.1. The molecule has 0 aromatic heterocycles. The van der Waals surface area contributed by atoms with E-state index in [0.717, 1.165) is 17.9 Å². The Kier molecular flexibility index (Phi) is 6.52. The van der Waals surface area contributed by atoms with Crippen LogP contribution in [0.5, 0.6) is 5.75 Å². The first kappa shape index (κ1) is 16.5. The van der Waals surface area contributed by atoms with E-state index in [-0.39, 0.29) is 11.8 Å². The Morgan fingerprint density at radius 2 is 2.05 bits per heavy atom. The van der Waals surface area contributed by atoms with E-state index >= 15 is 0 Å². The Hall–Kier alpha value is -1.55. The Labute approximate surface area is 121 Å². The highest BCUT2D eigenvalue weighted by molar-refractivity contribution is 5.95. The number of nitrogens with two attached hydrogens (primary N) is 1. The molecule has 112 valence electrons. The highest BCUT2D eigenvalue weighted by Crippen LogP contribution is 2.18. The number of benzene rings is 1. The minimum absolute atomic E-state index is 0.152. The van der Waals surface area contributed by atoms with Crippen LogP contribution in [0.15, 0.2) is 24.3 Å². The Morgan fingerprint density at radius 1 is 1.35 bits per heavy atom. The number of hydrogen-bond donors (Lipinski definition) is 2. The summed E-state index contributed by atoms with van der Waals surface area (Å²) in [6.07, 6.45) is 0.881. The van der Waals surface area contributed by atoms with Gasteiger partial charge in [-0.25, -0.2) is 0 Å². The van der Waals surface area contributed by atoms with Crippen LogP contribution < -0.4 is 15.8 Å². The molecule has 20 heavy (non-hydrogen) atoms. The first-order valence-electron chi connectivity index (χ1n) is 7.23. The van der Waals surface area contributed by atoms with Crippen LogP contribution in [0.3, 0.4) is 0 Å². The van der Waals surface area contributed by atoms with Crippen molar-refractivity contribution in [2.24, 2.45) is 17.6 Å². The smallest absolute Gasteiger partial charge is 0.241 e. The lowest BCUT2D eigenvalue weighted by Gasteiger charge is -2.18. The second-order valence-corrected chi connectivity index (χ2v) is 5.63. The molecule has 0 aliphatic carbocycles. The highest BCUT2D eigenvalue weighted by Gasteiger charge is 2.19. The number of carbonyl (C=O) groups is 1. The van der Waals surface area contributed by atoms with Crippen molar-refractivity contribution < 1.29 is 9.53 Å². The third-order valence-corrected chi connectivity index (χ3v) is 3.24. The molecule has 2 atom stereocenters. The normalized spacial score (nSPS) is 13.9. The number of rotatable bonds is 7. The van der Waals surface area contributed by atoms with Crippen molar-refractivity contribution in [3.63, 3.8) is 0 Å². The predicted octanol–water partition coefficient (Wildman–Crippen LogP) is 3.03. The van der Waals surface area contributed by atoms with Gasteiger partial charge >= 0.3 is 0 Å². The second-order valence-electron chi connectivity index (χ2n) is 5.63. The maximum atomic E-state index is 12.0. The van der Waals surface area contributed by atoms with E-state index in [0.29, 0.717) is 12.5 Å². The van der Waals surface area contributed by atoms with Gasteiger partial charge in [0.25, 0.3) is 0 Å². The molecule has 1 aromatic rings. The molecule has 0 spiro atoms. The zero-order valence-electron chi connectivity index (χ0n) is 12.8. The molecule has 1 unspecified atom stereocenters. The maximum absolute atomic E-state index is 12.0. The van der Waals surface area contributed by atoms with Crippen LogP contribution in [0, 0.1) is 11.8 Å². The number of carbonyl (C=O) groups excluding carboxylic acids is 1. The van der Waals surface area contributed by atoms with Crippen LogP contribution in [0.2, 0.25) is 0 Å². The van der Waals surface area contributed by atoms with Gasteiger partial charge in [-0.3, -0.25) is 4.79 Å². The fourth-order valence-electron chi connectivity index (χ4n) is 1.66. The highest BCUT2D eigenvalue weighted by atomic mass is 16.5. The van der Waals surface area contributed by atoms with Crippen molar-refractivity contribution in [3.05, 3.63) is 24.3 Å². The van der Waals surface area contributed by atoms with Crippen molar-refractivity contribution in [2.45, 2.75) is 40.2 Å². The van der Waals surface area contributed by atoms with E-state index in [1.165, 1.54) is 0 Å². The molecule has 3 N–H and O–H groups in total. The molecule has 0 saturated carbocycles. The number of nitrogens with one attached hydrogen (secondary N) is 1. The summed E-state index contributed by atoms with van der Waals surface area (Å²) in [7, 11) is 0. The first-order valence-corrected chi connectivity index (χ1v) is 7.23. The molecule has 0 bridgehead atoms. The van der Waals surface area contributed by atoms with E-state index in [4.69, 9.17) is 10.5 Å². The largest absolute Gasteiger partial charge is 0.493 e. The number of ether oxygens (including phenoxy) is 1. The van der Waals surface area contributed by atoms with Crippen LogP contribution in [-0.2, 0) is 4.79 Å². The van der Waals surface area contributed by atoms with Gasteiger partial charge in [-0.15, -0.1) is 0 Å². The minimum atomic E-state index is -0.486. The SMILES string of the molecule is CCC(C)[C@H](N)C(=O)Nc1cccc(OCC(C)C)c1. The standard InChI is InChI=1S/C16H26N2O2/c1-5-12(4)15(17)16(19)18-13-7-6-8-14(9-13)20-10-11(2)3/h6-9,11-12,15H,5,10,17H2,1-4H3,(H,18,19)/t12?,15-/m0/s1. The molecule has 0 aliphatic heterocycles. The van der Waals surface area contributed by atoms with Gasteiger partial charge in [0.15, 0.2) is 0 Å². The molecule has 0 heterocycles. The number of hydrogen-bond acceptors (Lipinski definition) is 3. The van der Waals surface area contributed by atoms with Gasteiger partial charge < -0.3 is 15.8 Å². The topological polar surface area (TPSA) is 64.4 Å². The average molecular weight is 278 g/mol. The Bertz CT molecular complexity index is 432. The van der Waals surface area contributed by atoms with E-state index in [1.807, 2.05) is 38.1 Å². The second kappa shape index (κ2) is 7.90. The van der Waals surface area contributed by atoms with Gasteiger partial charge in [0.2, 0.25) is 5.91 Å². The Balaban J connectivity index is 2.63. The molecule has 0 fully saturated rings. The van der Waals surface area contributed by atoms with E-state index in [9.17, 15) is 4.79 Å². The van der Waals surface area contributed by atoms with Crippen molar-refractivity contribution in [1.82, 2.24) is 0 Å². The summed E-state index contributed by atoms with van der Waals surface area (Å²) < 4.78 is 5.64. The molecule has 4 nitrogen and oxygen atoms in total. The Morgan fingerprint density at radius 3 is 2.65 bits per heavy atom. The summed E-state index contributed by atoms with van der Waals surface area (Å²) in [5.74, 6) is 1.23. The van der Waals surface area contributed by atoms with Gasteiger partial charge in [0, 0.05) is 11.8 Å². The van der Waals surface area contributed by atoms with Gasteiger partial charge in [-0.1, -0.05) is 40.2 Å². The van der Waals surface area contributed by atoms with E-state index in [1.54, 1.807) is 0 Å². The molecule has 0 aliphatic rings. The monoisotopic (exact) mass is 278 g/mol. The summed E-state index contributed by atoms with van der Waals surface area (Å²) in [6, 6.07) is 6.92. The van der Waals surface area contributed by atoms with E-state index in [2.05, 4.69) is 19.2 Å². The van der Waals surface area contributed by atoms with Crippen molar-refractivity contribution in [2.75, 3.05) is 11.9 Å². The van der Waals surface area contributed by atoms with Crippen LogP contribution >= 0.6 is 0 Å². The minimum Gasteiger partial charge on any atom is -0.493 e. The molecule has 1 amide bonds. The van der Waals surface area contributed by atoms with Crippen molar-refractivity contribution in [1.29, 1.82) is 0 Å². The molecule has 0 radical (unpaired) electrons. The molecular formula is C16H26N2O2. The van der Waals surface area contributed by atoms with Gasteiger partial charge in [0.1, 0.15) is 5.75 Å². The summed E-state index contributed by atoms with van der Waals surface area (Å²) in [6.45, 7) is 8.85. The molecule has 1 aromatic carbocycles. The summed E-state index contributed by atoms with van der Waals surface area (Å²) in [4.78, 5) is 12.0. The average Bonchev–Trinajstić information content (AvgIpc) is 2.43. The maximum Gasteiger partial charge on any atom is 0.241 e. The molecule has 1 rings (SSSR count). The fourth-order valence-corrected chi connectivity index (χ4v) is 1.66. The lowest BCUT2D eigenvalue weighted by molar-refractivity contribution is -0.118. The van der Waals surface area contributed by atoms with Crippen LogP contribution in [0.25, 0.3) is 0 Å². The summed E-state index contributed by atoms with van der Waals surface area (Å²) in [5.41, 5.74) is 6.63. The van der Waals surface area contributed by atoms with Crippen LogP contribution in [-0.4, -0.2) is 18.6 Å². The zero-order valence-corrected chi connectivity index (χ0v) is 12.8. The number of anilines is 1. The summed E-state index contributed by atoms with van der Waals surface area (Å²) in [5, 5.41) is 2.84. The van der Waals surface area contributed by atoms with Gasteiger partial charge in [-0.2, -0.15) is 0 Å². The lowest BCUT2D eigenvalue weighted by atomic mass is 9.99. The molecular weight excluding hydrogens is 252 g/mol. The van der Waals surface area contributed by atoms with Crippen molar-refractivity contribution in [3.8, 4) is 5.75 Å². The first-order chi connectivity index (χ1) is 9.43. The third-order valence-electron chi connectivity index (χ3n) is 3.24. The quantitative estimate of drug-likeness (QED) is 0.805. The fraction of sp³-hybridized carbons (Fsp3) is 0.562. The van der Waals surface area contributed by atoms with Gasteiger partial charge in [0.05, 0.1) is 12.6 Å². The lowest BCUT2D eigenvalue weighted by Crippen LogP contribution is -2.40. The summed E-state index contributed by atoms with van der Waals surface area (Å²) >= 11 is 0. The van der Waals surface area contributed by atoms with Gasteiger partial charge in [-0.05, 0) is 24.0 Å². The third kappa shape index (κ3) is 5.21. The molecule has 0 saturated heterocycles. The van der Waals surface area contributed by atoms with E-state index < -0.39 is 6.04 Å². The van der Waals surface area contributed by atoms with Crippen molar-refractivity contribution >= 4 is 11.6 Å².